The largest absolute Gasteiger partial charge is 0.462 e. The standard InChI is InChI=1S/C45H56FN3O9/c1-6-45(5,29-38(50)35(48-43(55)58-44(2,3)4)23-13-14-26-56-40(52)33-20-11-8-12-21-33)42(54)47-36(28-32-19-15-22-34(46)27-32)39(51)49-25-16-24-37(49)41(53)57-30-31-17-9-7-10-18-31/h7-12,15,17-22,27,35-37H,6,13-14,16,23-26,28-30H2,1-5H3,(H,47,54)(H,48,55)/t35-,36+,37-,45-/m1/s1. The normalized spacial score (nSPS) is 16.0. The van der Waals surface area contributed by atoms with Crippen molar-refractivity contribution in [3.05, 3.63) is 107 Å². The van der Waals surface area contributed by atoms with Crippen LogP contribution in [0.4, 0.5) is 9.18 Å². The van der Waals surface area contributed by atoms with Gasteiger partial charge in [0, 0.05) is 19.4 Å². The maximum atomic E-state index is 14.3. The lowest BCUT2D eigenvalue weighted by molar-refractivity contribution is -0.155. The number of amides is 3. The molecule has 1 saturated heterocycles. The lowest BCUT2D eigenvalue weighted by atomic mass is 9.79. The molecule has 4 atom stereocenters. The maximum Gasteiger partial charge on any atom is 0.408 e. The van der Waals surface area contributed by atoms with E-state index in [1.165, 1.54) is 23.1 Å². The minimum Gasteiger partial charge on any atom is -0.462 e. The first-order chi connectivity index (χ1) is 27.6. The monoisotopic (exact) mass is 801 g/mol. The zero-order valence-electron chi connectivity index (χ0n) is 34.1. The van der Waals surface area contributed by atoms with Crippen molar-refractivity contribution in [3.63, 3.8) is 0 Å². The van der Waals surface area contributed by atoms with Crippen LogP contribution in [0.2, 0.25) is 0 Å². The van der Waals surface area contributed by atoms with Gasteiger partial charge in [-0.2, -0.15) is 0 Å². The number of hydrogen-bond acceptors (Lipinski definition) is 9. The number of alkyl carbamates (subject to hydrolysis) is 1. The third kappa shape index (κ3) is 13.8. The molecule has 1 fully saturated rings. The van der Waals surface area contributed by atoms with Gasteiger partial charge in [0.25, 0.3) is 0 Å². The number of nitrogens with zero attached hydrogens (tertiary/aromatic N) is 1. The topological polar surface area (TPSA) is 157 Å². The Kier molecular flexibility index (Phi) is 16.5. The summed E-state index contributed by atoms with van der Waals surface area (Å²) in [5.74, 6) is -3.10. The van der Waals surface area contributed by atoms with Crippen molar-refractivity contribution in [3.8, 4) is 0 Å². The quantitative estimate of drug-likeness (QED) is 0.0749. The van der Waals surface area contributed by atoms with E-state index in [2.05, 4.69) is 10.6 Å². The highest BCUT2D eigenvalue weighted by Crippen LogP contribution is 2.29. The summed E-state index contributed by atoms with van der Waals surface area (Å²) < 4.78 is 30.7. The fourth-order valence-corrected chi connectivity index (χ4v) is 6.64. The summed E-state index contributed by atoms with van der Waals surface area (Å²) in [7, 11) is 0. The number of halogens is 1. The second-order valence-corrected chi connectivity index (χ2v) is 15.9. The van der Waals surface area contributed by atoms with Crippen LogP contribution in [0.1, 0.15) is 101 Å². The van der Waals surface area contributed by atoms with E-state index in [0.717, 1.165) is 5.56 Å². The van der Waals surface area contributed by atoms with Crippen LogP contribution in [0.5, 0.6) is 0 Å². The Morgan fingerprint density at radius 3 is 2.16 bits per heavy atom. The Labute approximate surface area is 340 Å². The molecule has 12 nitrogen and oxygen atoms in total. The van der Waals surface area contributed by atoms with Crippen LogP contribution in [0.15, 0.2) is 84.9 Å². The number of hydrogen-bond donors (Lipinski definition) is 2. The average Bonchev–Trinajstić information content (AvgIpc) is 3.69. The van der Waals surface area contributed by atoms with E-state index in [0.29, 0.717) is 36.8 Å². The van der Waals surface area contributed by atoms with Crippen LogP contribution in [0, 0.1) is 11.2 Å². The van der Waals surface area contributed by atoms with Gasteiger partial charge < -0.3 is 29.7 Å². The Balaban J connectivity index is 1.47. The zero-order valence-corrected chi connectivity index (χ0v) is 34.1. The molecule has 4 rings (SSSR count). The molecule has 0 bridgehead atoms. The molecule has 0 aliphatic carbocycles. The van der Waals surface area contributed by atoms with Gasteiger partial charge in [0.05, 0.1) is 23.6 Å². The van der Waals surface area contributed by atoms with Gasteiger partial charge >= 0.3 is 18.0 Å². The summed E-state index contributed by atoms with van der Waals surface area (Å²) in [6, 6.07) is 20.3. The molecule has 0 aromatic heterocycles. The van der Waals surface area contributed by atoms with Gasteiger partial charge in [0.2, 0.25) is 11.8 Å². The van der Waals surface area contributed by atoms with Crippen molar-refractivity contribution in [2.75, 3.05) is 13.2 Å². The predicted octanol–water partition coefficient (Wildman–Crippen LogP) is 6.88. The first-order valence-electron chi connectivity index (χ1n) is 19.9. The SMILES string of the molecule is CC[C@](C)(CC(=O)[C@@H](CCCCOC(=O)c1ccccc1)NC(=O)OC(C)(C)C)C(=O)N[C@@H](Cc1cccc(F)c1)C(=O)N1CCC[C@@H]1C(=O)OCc1ccccc1. The Morgan fingerprint density at radius 1 is 0.828 bits per heavy atom. The second-order valence-electron chi connectivity index (χ2n) is 15.9. The van der Waals surface area contributed by atoms with Gasteiger partial charge in [-0.1, -0.05) is 74.5 Å². The molecule has 3 aromatic carbocycles. The average molecular weight is 802 g/mol. The number of rotatable bonds is 19. The first kappa shape index (κ1) is 45.1. The summed E-state index contributed by atoms with van der Waals surface area (Å²) in [4.78, 5) is 82.5. The van der Waals surface area contributed by atoms with Gasteiger partial charge in [-0.15, -0.1) is 0 Å². The van der Waals surface area contributed by atoms with Crippen LogP contribution < -0.4 is 10.6 Å². The van der Waals surface area contributed by atoms with Crippen molar-refractivity contribution < 1.29 is 47.4 Å². The fourth-order valence-electron chi connectivity index (χ4n) is 6.64. The summed E-state index contributed by atoms with van der Waals surface area (Å²) in [6.45, 7) is 8.83. The van der Waals surface area contributed by atoms with E-state index < -0.39 is 70.6 Å². The van der Waals surface area contributed by atoms with Crippen molar-refractivity contribution >= 4 is 35.6 Å². The van der Waals surface area contributed by atoms with Gasteiger partial charge in [-0.05, 0) is 94.7 Å². The lowest BCUT2D eigenvalue weighted by Gasteiger charge is -2.33. The van der Waals surface area contributed by atoms with Crippen molar-refractivity contribution in [1.82, 2.24) is 15.5 Å². The number of likely N-dealkylation sites (tertiary alicyclic amines) is 1. The van der Waals surface area contributed by atoms with Crippen LogP contribution in [0.3, 0.4) is 0 Å². The number of nitrogens with one attached hydrogen (secondary N) is 2. The number of benzene rings is 3. The molecule has 13 heteroatoms. The summed E-state index contributed by atoms with van der Waals surface area (Å²) in [6.07, 6.45) is 0.935. The number of carbonyl (C=O) groups excluding carboxylic acids is 6. The number of ketones is 1. The Bertz CT molecular complexity index is 1870. The van der Waals surface area contributed by atoms with Crippen molar-refractivity contribution in [1.29, 1.82) is 0 Å². The molecule has 0 saturated carbocycles. The number of carbonyl (C=O) groups is 6. The highest BCUT2D eigenvalue weighted by molar-refractivity contribution is 5.96. The molecule has 1 heterocycles. The minimum atomic E-state index is -1.34. The lowest BCUT2D eigenvalue weighted by Crippen LogP contribution is -2.55. The van der Waals surface area contributed by atoms with Gasteiger partial charge in [-0.25, -0.2) is 18.8 Å². The minimum absolute atomic E-state index is 0.0377. The van der Waals surface area contributed by atoms with Gasteiger partial charge in [-0.3, -0.25) is 14.4 Å². The molecule has 0 radical (unpaired) electrons. The zero-order chi connectivity index (χ0) is 42.3. The number of esters is 2. The molecule has 58 heavy (non-hydrogen) atoms. The molecule has 312 valence electrons. The summed E-state index contributed by atoms with van der Waals surface area (Å²) in [5, 5.41) is 5.52. The predicted molar refractivity (Wildman–Crippen MR) is 215 cm³/mol. The molecule has 1 aliphatic rings. The highest BCUT2D eigenvalue weighted by atomic mass is 19.1. The number of unbranched alkanes of at least 4 members (excludes halogenated alkanes) is 1. The molecule has 2 N–H and O–H groups in total. The van der Waals surface area contributed by atoms with Gasteiger partial charge in [0.1, 0.15) is 30.1 Å². The first-order valence-corrected chi connectivity index (χ1v) is 19.9. The summed E-state index contributed by atoms with van der Waals surface area (Å²) >= 11 is 0. The van der Waals surface area contributed by atoms with E-state index in [1.54, 1.807) is 71.0 Å². The number of Topliss-reactive ketones (excluding diaryl/α,β-unsaturated/α-hetero) is 1. The molecule has 0 spiro atoms. The van der Waals surface area contributed by atoms with Crippen LogP contribution in [-0.4, -0.2) is 77.4 Å². The molecular weight excluding hydrogens is 746 g/mol. The highest BCUT2D eigenvalue weighted by Gasteiger charge is 2.42. The third-order valence-corrected chi connectivity index (χ3v) is 10.1. The van der Waals surface area contributed by atoms with Crippen molar-refractivity contribution in [2.45, 2.75) is 116 Å². The van der Waals surface area contributed by atoms with E-state index in [4.69, 9.17) is 14.2 Å². The molecular formula is C45H56FN3O9. The third-order valence-electron chi connectivity index (χ3n) is 10.1. The van der Waals surface area contributed by atoms with Crippen LogP contribution in [0.25, 0.3) is 0 Å². The smallest absolute Gasteiger partial charge is 0.408 e. The molecule has 1 aliphatic heterocycles. The van der Waals surface area contributed by atoms with Crippen LogP contribution >= 0.6 is 0 Å². The molecule has 0 unspecified atom stereocenters. The van der Waals surface area contributed by atoms with E-state index in [-0.39, 0.29) is 45.4 Å². The Hall–Kier alpha value is -5.59. The van der Waals surface area contributed by atoms with E-state index >= 15 is 0 Å². The summed E-state index contributed by atoms with van der Waals surface area (Å²) in [5.41, 5.74) is -0.510. The molecule has 3 amide bonds. The van der Waals surface area contributed by atoms with E-state index in [9.17, 15) is 33.2 Å². The molecule has 3 aromatic rings. The number of ether oxygens (including phenoxy) is 3. The maximum absolute atomic E-state index is 14.3. The van der Waals surface area contributed by atoms with Gasteiger partial charge in [0.15, 0.2) is 5.78 Å². The van der Waals surface area contributed by atoms with E-state index in [1.807, 2.05) is 30.3 Å². The van der Waals surface area contributed by atoms with Crippen molar-refractivity contribution in [2.24, 2.45) is 5.41 Å². The Morgan fingerprint density at radius 2 is 1.50 bits per heavy atom. The second kappa shape index (κ2) is 21.2. The van der Waals surface area contributed by atoms with Crippen LogP contribution in [-0.2, 0) is 46.4 Å². The fraction of sp³-hybridized carbons (Fsp3) is 0.467.